The van der Waals surface area contributed by atoms with E-state index in [2.05, 4.69) is 51.6 Å². The zero-order chi connectivity index (χ0) is 18.6. The summed E-state index contributed by atoms with van der Waals surface area (Å²) in [6.07, 6.45) is 3.59. The van der Waals surface area contributed by atoms with E-state index in [9.17, 15) is 5.11 Å². The molecular formula is C22H27N3O2. The number of H-pyrrole nitrogens is 1. The molecule has 1 aliphatic heterocycles. The molecule has 0 radical (unpaired) electrons. The molecule has 3 N–H and O–H groups in total. The molecule has 0 unspecified atom stereocenters. The van der Waals surface area contributed by atoms with Crippen LogP contribution in [0.3, 0.4) is 0 Å². The molecule has 142 valence electrons. The number of aliphatic hydroxyl groups excluding tert-OH is 1. The van der Waals surface area contributed by atoms with E-state index in [1.165, 1.54) is 5.56 Å². The minimum Gasteiger partial charge on any atom is -0.496 e. The molecular weight excluding hydrogens is 338 g/mol. The Morgan fingerprint density at radius 1 is 1.11 bits per heavy atom. The Balaban J connectivity index is 1.37. The van der Waals surface area contributed by atoms with E-state index in [1.807, 2.05) is 12.3 Å². The van der Waals surface area contributed by atoms with Crippen molar-refractivity contribution >= 4 is 16.6 Å². The minimum absolute atomic E-state index is 0.115. The maximum Gasteiger partial charge on any atom is 0.133 e. The lowest BCUT2D eigenvalue weighted by Gasteiger charge is -2.29. The normalized spacial score (nSPS) is 15.9. The summed E-state index contributed by atoms with van der Waals surface area (Å²) in [4.78, 5) is 5.63. The molecule has 0 atom stereocenters. The number of benzene rings is 2. The second-order valence-electron chi connectivity index (χ2n) is 7.25. The van der Waals surface area contributed by atoms with Crippen LogP contribution in [0.2, 0.25) is 0 Å². The van der Waals surface area contributed by atoms with E-state index < -0.39 is 0 Å². The number of fused-ring (bicyclic) bond motifs is 1. The smallest absolute Gasteiger partial charge is 0.133 e. The number of anilines is 1. The highest BCUT2D eigenvalue weighted by atomic mass is 16.5. The number of methoxy groups -OCH3 is 1. The number of likely N-dealkylation sites (tertiary alicyclic amines) is 1. The lowest BCUT2D eigenvalue weighted by atomic mass is 10.1. The van der Waals surface area contributed by atoms with Crippen LogP contribution in [0.15, 0.2) is 48.7 Å². The Morgan fingerprint density at radius 3 is 2.63 bits per heavy atom. The molecule has 0 spiro atoms. The Bertz CT molecular complexity index is 880. The first-order valence-corrected chi connectivity index (χ1v) is 9.59. The van der Waals surface area contributed by atoms with Crippen LogP contribution in [-0.4, -0.2) is 41.3 Å². The second-order valence-corrected chi connectivity index (χ2v) is 7.25. The highest BCUT2D eigenvalue weighted by molar-refractivity contribution is 5.87. The molecule has 2 aromatic carbocycles. The van der Waals surface area contributed by atoms with Gasteiger partial charge in [0.1, 0.15) is 5.75 Å². The summed E-state index contributed by atoms with van der Waals surface area (Å²) in [5, 5.41) is 14.2. The summed E-state index contributed by atoms with van der Waals surface area (Å²) in [5.41, 5.74) is 4.64. The topological polar surface area (TPSA) is 60.5 Å². The molecule has 27 heavy (non-hydrogen) atoms. The number of aliphatic hydroxyl groups is 1. The van der Waals surface area contributed by atoms with E-state index in [0.29, 0.717) is 6.54 Å². The van der Waals surface area contributed by atoms with Gasteiger partial charge in [0.25, 0.3) is 0 Å². The molecule has 1 saturated heterocycles. The predicted molar refractivity (Wildman–Crippen MR) is 109 cm³/mol. The minimum atomic E-state index is -0.115. The fraction of sp³-hybridized carbons (Fsp3) is 0.364. The Labute approximate surface area is 160 Å². The van der Waals surface area contributed by atoms with Crippen LogP contribution in [0.25, 0.3) is 10.9 Å². The number of piperidine rings is 1. The molecule has 1 aromatic heterocycles. The fourth-order valence-corrected chi connectivity index (χ4v) is 3.79. The molecule has 5 heteroatoms. The highest BCUT2D eigenvalue weighted by Gasteiger charge is 2.16. The van der Waals surface area contributed by atoms with E-state index >= 15 is 0 Å². The van der Waals surface area contributed by atoms with Gasteiger partial charge in [-0.05, 0) is 42.7 Å². The maximum absolute atomic E-state index is 9.62. The highest BCUT2D eigenvalue weighted by Crippen LogP contribution is 2.29. The molecule has 5 nitrogen and oxygen atoms in total. The number of hydrogen-bond acceptors (Lipinski definition) is 4. The van der Waals surface area contributed by atoms with Crippen molar-refractivity contribution < 1.29 is 9.84 Å². The number of nitrogens with zero attached hydrogens (tertiary/aromatic N) is 1. The van der Waals surface area contributed by atoms with Crippen LogP contribution in [0, 0.1) is 0 Å². The number of hydrogen-bond donors (Lipinski definition) is 3. The molecule has 0 aliphatic carbocycles. The number of rotatable bonds is 6. The predicted octanol–water partition coefficient (Wildman–Crippen LogP) is 3.75. The van der Waals surface area contributed by atoms with Crippen LogP contribution in [0.5, 0.6) is 5.75 Å². The lowest BCUT2D eigenvalue weighted by Crippen LogP contribution is -2.35. The quantitative estimate of drug-likeness (QED) is 0.623. The maximum atomic E-state index is 9.62. The summed E-state index contributed by atoms with van der Waals surface area (Å²) in [6, 6.07) is 14.9. The van der Waals surface area contributed by atoms with Crippen molar-refractivity contribution in [2.45, 2.75) is 32.0 Å². The molecule has 3 aromatic rings. The van der Waals surface area contributed by atoms with E-state index in [0.717, 1.165) is 60.4 Å². The Hall–Kier alpha value is -2.50. The first-order valence-electron chi connectivity index (χ1n) is 9.59. The van der Waals surface area contributed by atoms with Gasteiger partial charge in [-0.25, -0.2) is 0 Å². The summed E-state index contributed by atoms with van der Waals surface area (Å²) in [7, 11) is 1.72. The summed E-state index contributed by atoms with van der Waals surface area (Å²) in [5.74, 6) is 0.921. The summed E-state index contributed by atoms with van der Waals surface area (Å²) >= 11 is 0. The standard InChI is InChI=1S/C22H27N3O2/c1-27-22-17(4-7-21-20(22)8-11-23-21)14-24-18-5-2-16(3-6-18)15-25-12-9-19(26)10-13-25/h2-8,11,19,23-24,26H,9-10,12-15H2,1H3. The number of nitrogens with one attached hydrogen (secondary N) is 2. The van der Waals surface area contributed by atoms with Gasteiger partial charge in [-0.1, -0.05) is 18.2 Å². The Kier molecular flexibility index (Phi) is 5.32. The Morgan fingerprint density at radius 2 is 1.89 bits per heavy atom. The first kappa shape index (κ1) is 17.9. The van der Waals surface area contributed by atoms with Gasteiger partial charge in [-0.2, -0.15) is 0 Å². The zero-order valence-corrected chi connectivity index (χ0v) is 15.7. The average molecular weight is 365 g/mol. The fourth-order valence-electron chi connectivity index (χ4n) is 3.79. The molecule has 0 bridgehead atoms. The zero-order valence-electron chi connectivity index (χ0n) is 15.7. The van der Waals surface area contributed by atoms with Crippen LogP contribution in [-0.2, 0) is 13.1 Å². The van der Waals surface area contributed by atoms with Crippen LogP contribution in [0.1, 0.15) is 24.0 Å². The average Bonchev–Trinajstić information content (AvgIpc) is 3.17. The van der Waals surface area contributed by atoms with Gasteiger partial charge in [-0.3, -0.25) is 4.90 Å². The lowest BCUT2D eigenvalue weighted by molar-refractivity contribution is 0.0792. The van der Waals surface area contributed by atoms with Crippen molar-refractivity contribution in [3.63, 3.8) is 0 Å². The monoisotopic (exact) mass is 365 g/mol. The van der Waals surface area contributed by atoms with Gasteiger partial charge in [-0.15, -0.1) is 0 Å². The number of aromatic amines is 1. The van der Waals surface area contributed by atoms with E-state index in [4.69, 9.17) is 4.74 Å². The molecule has 1 fully saturated rings. The van der Waals surface area contributed by atoms with Crippen LogP contribution >= 0.6 is 0 Å². The summed E-state index contributed by atoms with van der Waals surface area (Å²) < 4.78 is 5.63. The number of aromatic nitrogens is 1. The first-order chi connectivity index (χ1) is 13.2. The third-order valence-electron chi connectivity index (χ3n) is 5.37. The molecule has 1 aliphatic rings. The van der Waals surface area contributed by atoms with Crippen molar-refractivity contribution in [1.82, 2.24) is 9.88 Å². The molecule has 4 rings (SSSR count). The van der Waals surface area contributed by atoms with Crippen LogP contribution < -0.4 is 10.1 Å². The largest absolute Gasteiger partial charge is 0.496 e. The van der Waals surface area contributed by atoms with Gasteiger partial charge >= 0.3 is 0 Å². The van der Waals surface area contributed by atoms with E-state index in [-0.39, 0.29) is 6.10 Å². The van der Waals surface area contributed by atoms with Gasteiger partial charge in [0, 0.05) is 54.5 Å². The number of ether oxygens (including phenoxy) is 1. The summed E-state index contributed by atoms with van der Waals surface area (Å²) in [6.45, 7) is 3.61. The van der Waals surface area contributed by atoms with E-state index in [1.54, 1.807) is 7.11 Å². The van der Waals surface area contributed by atoms with Gasteiger partial charge in [0.05, 0.1) is 13.2 Å². The van der Waals surface area contributed by atoms with Crippen molar-refractivity contribution in [2.75, 3.05) is 25.5 Å². The molecule has 0 saturated carbocycles. The van der Waals surface area contributed by atoms with Crippen LogP contribution in [0.4, 0.5) is 5.69 Å². The van der Waals surface area contributed by atoms with Crippen molar-refractivity contribution in [1.29, 1.82) is 0 Å². The van der Waals surface area contributed by atoms with Crippen molar-refractivity contribution in [3.8, 4) is 5.75 Å². The molecule has 0 amide bonds. The second kappa shape index (κ2) is 8.03. The van der Waals surface area contributed by atoms with Gasteiger partial charge in [0.2, 0.25) is 0 Å². The third-order valence-corrected chi connectivity index (χ3v) is 5.37. The SMILES string of the molecule is COc1c(CNc2ccc(CN3CCC(O)CC3)cc2)ccc2[nH]ccc12. The van der Waals surface area contributed by atoms with Gasteiger partial charge < -0.3 is 20.1 Å². The molecule has 2 heterocycles. The third kappa shape index (κ3) is 4.10. The van der Waals surface area contributed by atoms with Gasteiger partial charge in [0.15, 0.2) is 0 Å². The van der Waals surface area contributed by atoms with Crippen molar-refractivity contribution in [2.24, 2.45) is 0 Å². The van der Waals surface area contributed by atoms with Crippen molar-refractivity contribution in [3.05, 3.63) is 59.8 Å².